The van der Waals surface area contributed by atoms with Crippen LogP contribution in [-0.2, 0) is 4.79 Å². The van der Waals surface area contributed by atoms with Gasteiger partial charge in [0.05, 0.1) is 22.1 Å². The topological polar surface area (TPSA) is 44.4 Å². The second kappa shape index (κ2) is 8.96. The Labute approximate surface area is 170 Å². The van der Waals surface area contributed by atoms with Gasteiger partial charge in [-0.3, -0.25) is 9.69 Å². The molecule has 1 amide bonds. The summed E-state index contributed by atoms with van der Waals surface area (Å²) in [6, 6.07) is 13.7. The van der Waals surface area contributed by atoms with Crippen LogP contribution in [0.5, 0.6) is 0 Å². The highest BCUT2D eigenvalue weighted by Gasteiger charge is 2.33. The Balaban J connectivity index is 2.08. The van der Waals surface area contributed by atoms with Crippen LogP contribution in [0.4, 0.5) is 5.69 Å². The van der Waals surface area contributed by atoms with E-state index >= 15 is 0 Å². The molecular formula is C21H25Cl2N3O. The fourth-order valence-electron chi connectivity index (χ4n) is 3.78. The third-order valence-electron chi connectivity index (χ3n) is 5.03. The second-order valence-corrected chi connectivity index (χ2v) is 7.73. The number of hydrogen-bond acceptors (Lipinski definition) is 3. The molecule has 1 aliphatic rings. The number of anilines is 1. The van der Waals surface area contributed by atoms with Gasteiger partial charge in [-0.05, 0) is 61.3 Å². The maximum atomic E-state index is 12.1. The van der Waals surface area contributed by atoms with Crippen LogP contribution in [0.25, 0.3) is 0 Å². The number of benzene rings is 2. The molecule has 3 rings (SSSR count). The molecule has 2 atom stereocenters. The highest BCUT2D eigenvalue weighted by Crippen LogP contribution is 2.39. The van der Waals surface area contributed by atoms with Gasteiger partial charge in [-0.15, -0.1) is 0 Å². The molecular weight excluding hydrogens is 381 g/mol. The average molecular weight is 406 g/mol. The predicted octanol–water partition coefficient (Wildman–Crippen LogP) is 5.05. The second-order valence-electron chi connectivity index (χ2n) is 6.92. The first-order valence-corrected chi connectivity index (χ1v) is 9.99. The fourth-order valence-corrected chi connectivity index (χ4v) is 4.09. The van der Waals surface area contributed by atoms with E-state index in [1.165, 1.54) is 0 Å². The zero-order chi connectivity index (χ0) is 19.4. The van der Waals surface area contributed by atoms with Crippen LogP contribution in [-0.4, -0.2) is 30.9 Å². The Kier molecular flexibility index (Phi) is 6.64. The molecule has 2 aromatic carbocycles. The largest absolute Gasteiger partial charge is 0.388 e. The molecule has 2 N–H and O–H groups in total. The van der Waals surface area contributed by atoms with Gasteiger partial charge in [0.2, 0.25) is 5.91 Å². The van der Waals surface area contributed by atoms with Gasteiger partial charge in [-0.1, -0.05) is 41.4 Å². The Hall–Kier alpha value is -1.75. The summed E-state index contributed by atoms with van der Waals surface area (Å²) in [5, 5.41) is 7.42. The van der Waals surface area contributed by atoms with Crippen molar-refractivity contribution in [3.05, 3.63) is 63.6 Å². The minimum atomic E-state index is -0.189. The van der Waals surface area contributed by atoms with Crippen molar-refractivity contribution >= 4 is 34.8 Å². The molecule has 27 heavy (non-hydrogen) atoms. The van der Waals surface area contributed by atoms with E-state index in [1.54, 1.807) is 6.92 Å². The summed E-state index contributed by atoms with van der Waals surface area (Å²) in [7, 11) is 1.89. The Morgan fingerprint density at radius 3 is 2.41 bits per heavy atom. The summed E-state index contributed by atoms with van der Waals surface area (Å²) in [6.07, 6.45) is 2.31. The molecule has 1 saturated heterocycles. The van der Waals surface area contributed by atoms with Gasteiger partial charge in [0.1, 0.15) is 0 Å². The molecule has 2 unspecified atom stereocenters. The molecule has 0 aromatic heterocycles. The van der Waals surface area contributed by atoms with E-state index in [-0.39, 0.29) is 18.0 Å². The van der Waals surface area contributed by atoms with Crippen LogP contribution in [0.2, 0.25) is 10.0 Å². The number of amides is 1. The van der Waals surface area contributed by atoms with Crippen LogP contribution in [0, 0.1) is 0 Å². The van der Waals surface area contributed by atoms with Crippen LogP contribution >= 0.6 is 23.2 Å². The molecule has 1 heterocycles. The molecule has 6 heteroatoms. The first-order chi connectivity index (χ1) is 13.0. The number of nitrogens with zero attached hydrogens (tertiary/aromatic N) is 1. The van der Waals surface area contributed by atoms with Crippen LogP contribution in [0.1, 0.15) is 43.0 Å². The lowest BCUT2D eigenvalue weighted by atomic mass is 9.91. The molecule has 4 nitrogen and oxygen atoms in total. The minimum Gasteiger partial charge on any atom is -0.388 e. The first kappa shape index (κ1) is 20.0. The maximum absolute atomic E-state index is 12.1. The van der Waals surface area contributed by atoms with Crippen molar-refractivity contribution in [1.29, 1.82) is 0 Å². The number of halogens is 2. The van der Waals surface area contributed by atoms with Gasteiger partial charge >= 0.3 is 0 Å². The number of likely N-dealkylation sites (tertiary alicyclic amines) is 1. The lowest BCUT2D eigenvalue weighted by molar-refractivity contribution is -0.120. The van der Waals surface area contributed by atoms with Crippen molar-refractivity contribution in [2.45, 2.75) is 31.8 Å². The number of carbonyl (C=O) groups is 1. The van der Waals surface area contributed by atoms with Crippen LogP contribution < -0.4 is 10.6 Å². The lowest BCUT2D eigenvalue weighted by Gasteiger charge is -2.36. The minimum absolute atomic E-state index is 0.0155. The van der Waals surface area contributed by atoms with Gasteiger partial charge in [0.25, 0.3) is 0 Å². The van der Waals surface area contributed by atoms with E-state index in [0.717, 1.165) is 42.7 Å². The summed E-state index contributed by atoms with van der Waals surface area (Å²) >= 11 is 12.5. The monoisotopic (exact) mass is 405 g/mol. The Bertz CT molecular complexity index is 806. The average Bonchev–Trinajstić information content (AvgIpc) is 3.18. The van der Waals surface area contributed by atoms with Crippen molar-refractivity contribution in [3.63, 3.8) is 0 Å². The van der Waals surface area contributed by atoms with Gasteiger partial charge in [0, 0.05) is 19.7 Å². The molecule has 0 spiro atoms. The number of rotatable bonds is 6. The van der Waals surface area contributed by atoms with Crippen LogP contribution in [0.15, 0.2) is 42.5 Å². The molecule has 1 aliphatic heterocycles. The van der Waals surface area contributed by atoms with Gasteiger partial charge < -0.3 is 10.6 Å². The number of carbonyl (C=O) groups excluding carboxylic acids is 1. The highest BCUT2D eigenvalue weighted by atomic mass is 35.5. The zero-order valence-electron chi connectivity index (χ0n) is 15.6. The van der Waals surface area contributed by atoms with Gasteiger partial charge in [-0.2, -0.15) is 0 Å². The standard InChI is InChI=1S/C21H25Cl2N3O/c1-14(27)25-20(15-6-5-7-17(12-15)24-2)21(26-10-3-4-11-26)16-8-9-18(22)19(23)13-16/h5-9,12-13,20-21,24H,3-4,10-11H2,1-2H3,(H,25,27). The van der Waals surface area contributed by atoms with E-state index in [1.807, 2.05) is 37.4 Å². The van der Waals surface area contributed by atoms with Crippen LogP contribution in [0.3, 0.4) is 0 Å². The molecule has 2 aromatic rings. The van der Waals surface area contributed by atoms with Crippen molar-refractivity contribution in [1.82, 2.24) is 10.2 Å². The third-order valence-corrected chi connectivity index (χ3v) is 5.77. The van der Waals surface area contributed by atoms with Gasteiger partial charge in [-0.25, -0.2) is 0 Å². The van der Waals surface area contributed by atoms with Crippen molar-refractivity contribution in [2.75, 3.05) is 25.5 Å². The molecule has 144 valence electrons. The SMILES string of the molecule is CNc1cccc(C(NC(C)=O)C(c2ccc(Cl)c(Cl)c2)N2CCCC2)c1. The third kappa shape index (κ3) is 4.75. The van der Waals surface area contributed by atoms with Crippen molar-refractivity contribution < 1.29 is 4.79 Å². The molecule has 0 bridgehead atoms. The van der Waals surface area contributed by atoms with E-state index in [2.05, 4.69) is 27.7 Å². The molecule has 0 radical (unpaired) electrons. The molecule has 0 aliphatic carbocycles. The van der Waals surface area contributed by atoms with E-state index in [4.69, 9.17) is 23.2 Å². The Morgan fingerprint density at radius 2 is 1.78 bits per heavy atom. The maximum Gasteiger partial charge on any atom is 0.217 e. The molecule has 0 saturated carbocycles. The number of hydrogen-bond donors (Lipinski definition) is 2. The molecule has 1 fully saturated rings. The highest BCUT2D eigenvalue weighted by molar-refractivity contribution is 6.42. The van der Waals surface area contributed by atoms with Crippen molar-refractivity contribution in [2.24, 2.45) is 0 Å². The summed E-state index contributed by atoms with van der Waals surface area (Å²) in [5.74, 6) is -0.0564. The van der Waals surface area contributed by atoms with E-state index < -0.39 is 0 Å². The van der Waals surface area contributed by atoms with E-state index in [9.17, 15) is 4.79 Å². The summed E-state index contributed by atoms with van der Waals surface area (Å²) in [4.78, 5) is 14.5. The quantitative estimate of drug-likeness (QED) is 0.706. The lowest BCUT2D eigenvalue weighted by Crippen LogP contribution is -2.39. The van der Waals surface area contributed by atoms with Crippen molar-refractivity contribution in [3.8, 4) is 0 Å². The summed E-state index contributed by atoms with van der Waals surface area (Å²) < 4.78 is 0. The first-order valence-electron chi connectivity index (χ1n) is 9.23. The van der Waals surface area contributed by atoms with E-state index in [0.29, 0.717) is 10.0 Å². The zero-order valence-corrected chi connectivity index (χ0v) is 17.1. The van der Waals surface area contributed by atoms with Gasteiger partial charge in [0.15, 0.2) is 0 Å². The summed E-state index contributed by atoms with van der Waals surface area (Å²) in [6.45, 7) is 3.55. The number of nitrogens with one attached hydrogen (secondary N) is 2. The normalized spacial score (nSPS) is 16.7. The Morgan fingerprint density at radius 1 is 1.04 bits per heavy atom. The fraction of sp³-hybridized carbons (Fsp3) is 0.381. The summed E-state index contributed by atoms with van der Waals surface area (Å²) in [5.41, 5.74) is 3.12. The predicted molar refractivity (Wildman–Crippen MR) is 113 cm³/mol. The smallest absolute Gasteiger partial charge is 0.217 e.